The highest BCUT2D eigenvalue weighted by atomic mass is 32.3. The van der Waals surface area contributed by atoms with Crippen LogP contribution >= 0.6 is 0 Å². The van der Waals surface area contributed by atoms with E-state index in [1.165, 1.54) is 12.1 Å². The second kappa shape index (κ2) is 17.1. The molecule has 38 heavy (non-hydrogen) atoms. The zero-order valence-corrected chi connectivity index (χ0v) is 20.6. The first kappa shape index (κ1) is 33.6. The monoisotopic (exact) mass is 552 g/mol. The molecule has 0 fully saturated rings. The van der Waals surface area contributed by atoms with Gasteiger partial charge in [-0.3, -0.25) is 4.55 Å². The number of hydrogen-bond acceptors (Lipinski definition) is 10. The average molecular weight is 553 g/mol. The maximum absolute atomic E-state index is 10.4. The fourth-order valence-electron chi connectivity index (χ4n) is 2.19. The highest BCUT2D eigenvalue weighted by molar-refractivity contribution is 7.80. The topological polar surface area (TPSA) is 280 Å². The standard InChI is InChI=1S/2C8H9NO2.C7H7NO2.H3NO4S/c2*9-5-6-1-3-7(4-2-6)8(10)11;8-6-3-1-5(2-4-6)7(9)10;1-5-6(2,3)4/h2*1-4H,5,9H2,(H,10,11);1-4H,8H2,(H,9,10);1H2,(H,2,3,4). The van der Waals surface area contributed by atoms with E-state index in [9.17, 15) is 22.8 Å². The number of aromatic carboxylic acids is 3. The zero-order valence-electron chi connectivity index (χ0n) is 19.8. The summed E-state index contributed by atoms with van der Waals surface area (Å²) < 4.78 is 28.8. The van der Waals surface area contributed by atoms with Gasteiger partial charge in [-0.25, -0.2) is 14.4 Å². The van der Waals surface area contributed by atoms with Gasteiger partial charge in [0.15, 0.2) is 0 Å². The van der Waals surface area contributed by atoms with Crippen LogP contribution in [0, 0.1) is 0 Å². The van der Waals surface area contributed by atoms with Crippen molar-refractivity contribution in [2.75, 3.05) is 5.73 Å². The number of benzene rings is 3. The number of anilines is 1. The maximum atomic E-state index is 10.4. The molecule has 0 bridgehead atoms. The second-order valence-electron chi connectivity index (χ2n) is 6.86. The van der Waals surface area contributed by atoms with Crippen molar-refractivity contribution >= 4 is 34.0 Å². The van der Waals surface area contributed by atoms with Gasteiger partial charge < -0.3 is 32.5 Å². The van der Waals surface area contributed by atoms with Crippen LogP contribution in [0.2, 0.25) is 0 Å². The first-order valence-electron chi connectivity index (χ1n) is 10.2. The Morgan fingerprint density at radius 3 is 1.05 bits per heavy atom. The number of nitrogen functional groups attached to an aromatic ring is 1. The minimum Gasteiger partial charge on any atom is -0.478 e. The van der Waals surface area contributed by atoms with Gasteiger partial charge in [-0.05, 0) is 59.7 Å². The molecule has 0 unspecified atom stereocenters. The van der Waals surface area contributed by atoms with Gasteiger partial charge in [0, 0.05) is 18.8 Å². The largest absolute Gasteiger partial charge is 0.478 e. The van der Waals surface area contributed by atoms with Crippen molar-refractivity contribution in [1.29, 1.82) is 0 Å². The van der Waals surface area contributed by atoms with E-state index in [1.807, 2.05) is 0 Å². The smallest absolute Gasteiger partial charge is 0.413 e. The van der Waals surface area contributed by atoms with Gasteiger partial charge >= 0.3 is 28.3 Å². The molecule has 3 rings (SSSR count). The Kier molecular flexibility index (Phi) is 15.2. The van der Waals surface area contributed by atoms with Crippen LogP contribution in [0.5, 0.6) is 0 Å². The van der Waals surface area contributed by atoms with Gasteiger partial charge in [0.1, 0.15) is 0 Å². The van der Waals surface area contributed by atoms with Gasteiger partial charge in [-0.2, -0.15) is 18.6 Å². The number of carbonyl (C=O) groups is 3. The van der Waals surface area contributed by atoms with E-state index >= 15 is 0 Å². The Morgan fingerprint density at radius 2 is 0.868 bits per heavy atom. The predicted molar refractivity (Wildman–Crippen MR) is 137 cm³/mol. The normalized spacial score (nSPS) is 9.79. The van der Waals surface area contributed by atoms with Gasteiger partial charge in [-0.15, -0.1) is 0 Å². The number of carboxylic acid groups (broad SMARTS) is 3. The highest BCUT2D eigenvalue weighted by Crippen LogP contribution is 2.05. The number of rotatable bonds is 6. The van der Waals surface area contributed by atoms with Crippen molar-refractivity contribution in [1.82, 2.24) is 0 Å². The minimum absolute atomic E-state index is 0.259. The molecular weight excluding hydrogens is 524 g/mol. The van der Waals surface area contributed by atoms with E-state index in [-0.39, 0.29) is 5.56 Å². The van der Waals surface area contributed by atoms with Gasteiger partial charge in [-0.1, -0.05) is 24.3 Å². The van der Waals surface area contributed by atoms with Crippen LogP contribution in [0.15, 0.2) is 72.8 Å². The van der Waals surface area contributed by atoms with E-state index in [0.717, 1.165) is 11.1 Å². The molecule has 0 spiro atoms. The van der Waals surface area contributed by atoms with Crippen LogP contribution < -0.4 is 23.1 Å². The minimum atomic E-state index is -4.38. The molecule has 14 nitrogen and oxygen atoms in total. The first-order chi connectivity index (χ1) is 17.7. The zero-order chi connectivity index (χ0) is 29.3. The number of nitrogens with two attached hydrogens (primary N) is 4. The fourth-order valence-corrected chi connectivity index (χ4v) is 2.19. The van der Waals surface area contributed by atoms with Crippen LogP contribution in [0.25, 0.3) is 0 Å². The summed E-state index contributed by atoms with van der Waals surface area (Å²) in [5.41, 5.74) is 19.3. The van der Waals surface area contributed by atoms with E-state index in [2.05, 4.69) is 10.2 Å². The van der Waals surface area contributed by atoms with Gasteiger partial charge in [0.05, 0.1) is 16.7 Å². The lowest BCUT2D eigenvalue weighted by molar-refractivity contribution is 0.0686. The molecule has 0 aliphatic heterocycles. The molecule has 0 saturated heterocycles. The van der Waals surface area contributed by atoms with Crippen molar-refractivity contribution in [3.63, 3.8) is 0 Å². The average Bonchev–Trinajstić information content (AvgIpc) is 2.89. The summed E-state index contributed by atoms with van der Waals surface area (Å²) in [5, 5.41) is 25.5. The summed E-state index contributed by atoms with van der Waals surface area (Å²) in [6, 6.07) is 19.1. The van der Waals surface area contributed by atoms with Crippen LogP contribution in [0.3, 0.4) is 0 Å². The first-order valence-corrected chi connectivity index (χ1v) is 11.6. The molecule has 0 atom stereocenters. The van der Waals surface area contributed by atoms with Gasteiger partial charge in [0.25, 0.3) is 0 Å². The van der Waals surface area contributed by atoms with E-state index in [1.54, 1.807) is 60.7 Å². The Bertz CT molecular complexity index is 1210. The molecule has 0 saturated carbocycles. The maximum Gasteiger partial charge on any atom is 0.413 e. The van der Waals surface area contributed by atoms with Crippen LogP contribution in [0.4, 0.5) is 5.69 Å². The van der Waals surface area contributed by atoms with Crippen LogP contribution in [0.1, 0.15) is 42.2 Å². The van der Waals surface area contributed by atoms with Crippen LogP contribution in [-0.2, 0) is 27.8 Å². The molecule has 12 N–H and O–H groups in total. The van der Waals surface area contributed by atoms with Crippen molar-refractivity contribution < 1.29 is 47.0 Å². The fraction of sp³-hybridized carbons (Fsp3) is 0.0870. The lowest BCUT2D eigenvalue weighted by atomic mass is 10.1. The summed E-state index contributed by atoms with van der Waals surface area (Å²) >= 11 is 0. The quantitative estimate of drug-likeness (QED) is 0.122. The Morgan fingerprint density at radius 1 is 0.632 bits per heavy atom. The SMILES string of the molecule is NCc1ccc(C(=O)O)cc1.NCc1ccc(C(=O)O)cc1.NOS(=O)(=O)O.Nc1ccc(C(=O)O)cc1. The van der Waals surface area contributed by atoms with Crippen molar-refractivity contribution in [2.24, 2.45) is 17.4 Å². The summed E-state index contributed by atoms with van der Waals surface area (Å²) in [5.74, 6) is 1.22. The second-order valence-corrected chi connectivity index (χ2v) is 7.91. The summed E-state index contributed by atoms with van der Waals surface area (Å²) in [7, 11) is -4.38. The van der Waals surface area contributed by atoms with Crippen molar-refractivity contribution in [2.45, 2.75) is 13.1 Å². The molecule has 0 amide bonds. The molecule has 3 aromatic carbocycles. The molecule has 206 valence electrons. The third kappa shape index (κ3) is 14.9. The Labute approximate surface area is 218 Å². The lowest BCUT2D eigenvalue weighted by Gasteiger charge is -1.96. The lowest BCUT2D eigenvalue weighted by Crippen LogP contribution is -2.08. The number of hydrogen-bond donors (Lipinski definition) is 8. The van der Waals surface area contributed by atoms with Gasteiger partial charge in [0.2, 0.25) is 0 Å². The molecular formula is C23H28N4O10S. The molecule has 0 aromatic heterocycles. The third-order valence-corrected chi connectivity index (χ3v) is 4.40. The van der Waals surface area contributed by atoms with Crippen molar-refractivity contribution in [3.05, 3.63) is 101 Å². The molecule has 0 heterocycles. The van der Waals surface area contributed by atoms with E-state index < -0.39 is 28.3 Å². The highest BCUT2D eigenvalue weighted by Gasteiger charge is 2.01. The molecule has 0 radical (unpaired) electrons. The molecule has 0 aliphatic carbocycles. The summed E-state index contributed by atoms with van der Waals surface area (Å²) in [6.07, 6.45) is 0. The number of carboxylic acids is 3. The third-order valence-electron chi connectivity index (χ3n) is 4.15. The summed E-state index contributed by atoms with van der Waals surface area (Å²) in [6.45, 7) is 0.889. The van der Waals surface area contributed by atoms with E-state index in [4.69, 9.17) is 37.1 Å². The van der Waals surface area contributed by atoms with Crippen LogP contribution in [-0.4, -0.2) is 46.2 Å². The summed E-state index contributed by atoms with van der Waals surface area (Å²) in [4.78, 5) is 31.0. The predicted octanol–water partition coefficient (Wildman–Crippen LogP) is 1.33. The Balaban J connectivity index is 0.000000491. The molecule has 3 aromatic rings. The molecule has 15 heteroatoms. The molecule has 0 aliphatic rings. The Hall–Kier alpha value is -4.38. The van der Waals surface area contributed by atoms with E-state index in [0.29, 0.717) is 29.9 Å². The van der Waals surface area contributed by atoms with Crippen molar-refractivity contribution in [3.8, 4) is 0 Å².